The van der Waals surface area contributed by atoms with Gasteiger partial charge >= 0.3 is 0 Å². The first-order valence-corrected chi connectivity index (χ1v) is 14.5. The highest BCUT2D eigenvalue weighted by molar-refractivity contribution is 7.89. The molecule has 0 bridgehead atoms. The number of rotatable bonds is 7. The number of pyridine rings is 1. The number of sulfonamides is 1. The Kier molecular flexibility index (Phi) is 6.84. The van der Waals surface area contributed by atoms with Gasteiger partial charge in [0.05, 0.1) is 23.0 Å². The second-order valence-corrected chi connectivity index (χ2v) is 11.9. The summed E-state index contributed by atoms with van der Waals surface area (Å²) in [5.41, 5.74) is -0.0567. The summed E-state index contributed by atoms with van der Waals surface area (Å²) in [6.45, 7) is 1.76. The van der Waals surface area contributed by atoms with E-state index in [0.717, 1.165) is 31.2 Å². The number of piperidine rings is 1. The molecule has 2 amide bonds. The molecule has 0 unspecified atom stereocenters. The molecule has 2 aromatic heterocycles. The molecular weight excluding hydrogens is 513 g/mol. The molecule has 5 rings (SSSR count). The molecule has 3 heterocycles. The van der Waals surface area contributed by atoms with Gasteiger partial charge in [0.2, 0.25) is 15.9 Å². The standard InChI is InChI=1S/C26H30FN5O5S/c1-17(33)31-13-11-26(27,12-14-31)16-37-21-15-20(25(34)30-38(2,35)36)28-24-22(21)23(18-7-6-8-18)29-32(24)19-9-4-3-5-10-19/h3-5,9-10,15,18H,6-8,11-14,16H2,1-2H3,(H,30,34). The number of hydrogen-bond donors (Lipinski definition) is 1. The Bertz CT molecular complexity index is 1480. The molecule has 1 aliphatic carbocycles. The van der Waals surface area contributed by atoms with Crippen LogP contribution in [0.5, 0.6) is 5.75 Å². The Labute approximate surface area is 220 Å². The summed E-state index contributed by atoms with van der Waals surface area (Å²) in [5.74, 6) is -0.622. The quantitative estimate of drug-likeness (QED) is 0.486. The number of para-hydroxylation sites is 1. The third-order valence-electron chi connectivity index (χ3n) is 7.22. The molecule has 2 aliphatic rings. The van der Waals surface area contributed by atoms with Gasteiger partial charge in [-0.3, -0.25) is 9.59 Å². The topological polar surface area (TPSA) is 123 Å². The number of nitrogens with one attached hydrogen (secondary N) is 1. The molecule has 202 valence electrons. The summed E-state index contributed by atoms with van der Waals surface area (Å²) >= 11 is 0. The van der Waals surface area contributed by atoms with Crippen LogP contribution >= 0.6 is 0 Å². The lowest BCUT2D eigenvalue weighted by molar-refractivity contribution is -0.131. The number of amides is 2. The molecule has 12 heteroatoms. The maximum atomic E-state index is 15.7. The first kappa shape index (κ1) is 26.1. The molecule has 10 nitrogen and oxygen atoms in total. The van der Waals surface area contributed by atoms with Crippen molar-refractivity contribution in [3.05, 3.63) is 47.8 Å². The van der Waals surface area contributed by atoms with Crippen molar-refractivity contribution in [2.75, 3.05) is 26.0 Å². The van der Waals surface area contributed by atoms with Gasteiger partial charge in [0.15, 0.2) is 5.65 Å². The van der Waals surface area contributed by atoms with Crippen LogP contribution in [0.3, 0.4) is 0 Å². The average molecular weight is 544 g/mol. The second-order valence-electron chi connectivity index (χ2n) is 10.1. The van der Waals surface area contributed by atoms with E-state index in [2.05, 4.69) is 4.98 Å². The zero-order valence-corrected chi connectivity index (χ0v) is 22.1. The van der Waals surface area contributed by atoms with Crippen LogP contribution in [0.25, 0.3) is 16.7 Å². The number of nitrogens with zero attached hydrogens (tertiary/aromatic N) is 4. The summed E-state index contributed by atoms with van der Waals surface area (Å²) in [6, 6.07) is 10.6. The molecule has 3 aromatic rings. The van der Waals surface area contributed by atoms with Gasteiger partial charge in [0.25, 0.3) is 5.91 Å². The fourth-order valence-corrected chi connectivity index (χ4v) is 5.29. The molecular formula is C26H30FN5O5S. The number of carbonyl (C=O) groups excluding carboxylic acids is 2. The Morgan fingerprint density at radius 1 is 1.18 bits per heavy atom. The van der Waals surface area contributed by atoms with Crippen LogP contribution in [-0.2, 0) is 14.8 Å². The van der Waals surface area contributed by atoms with E-state index in [4.69, 9.17) is 9.84 Å². The van der Waals surface area contributed by atoms with Crippen molar-refractivity contribution in [2.45, 2.75) is 50.6 Å². The number of alkyl halides is 1. The lowest BCUT2D eigenvalue weighted by Crippen LogP contribution is -2.46. The smallest absolute Gasteiger partial charge is 0.283 e. The summed E-state index contributed by atoms with van der Waals surface area (Å²) in [7, 11) is -3.85. The number of fused-ring (bicyclic) bond motifs is 1. The van der Waals surface area contributed by atoms with Gasteiger partial charge in [-0.2, -0.15) is 5.10 Å². The van der Waals surface area contributed by atoms with Crippen molar-refractivity contribution in [1.82, 2.24) is 24.4 Å². The van der Waals surface area contributed by atoms with Crippen molar-refractivity contribution >= 4 is 32.9 Å². The van der Waals surface area contributed by atoms with Crippen molar-refractivity contribution < 1.29 is 27.1 Å². The van der Waals surface area contributed by atoms with Crippen molar-refractivity contribution in [2.24, 2.45) is 0 Å². The molecule has 38 heavy (non-hydrogen) atoms. The molecule has 0 atom stereocenters. The number of hydrogen-bond acceptors (Lipinski definition) is 7. The van der Waals surface area contributed by atoms with E-state index in [1.165, 1.54) is 13.0 Å². The lowest BCUT2D eigenvalue weighted by atomic mass is 9.82. The van der Waals surface area contributed by atoms with E-state index in [9.17, 15) is 18.0 Å². The van der Waals surface area contributed by atoms with Crippen LogP contribution in [-0.4, -0.2) is 71.5 Å². The minimum atomic E-state index is -3.85. The number of benzene rings is 1. The third kappa shape index (κ3) is 5.35. The van der Waals surface area contributed by atoms with Gasteiger partial charge in [-0.25, -0.2) is 27.2 Å². The largest absolute Gasteiger partial charge is 0.489 e. The van der Waals surface area contributed by atoms with E-state index in [1.807, 2.05) is 35.1 Å². The summed E-state index contributed by atoms with van der Waals surface area (Å²) in [5, 5.41) is 5.43. The van der Waals surface area contributed by atoms with Crippen LogP contribution in [0.4, 0.5) is 4.39 Å². The van der Waals surface area contributed by atoms with Crippen LogP contribution in [0.1, 0.15) is 61.1 Å². The molecule has 1 aromatic carbocycles. The van der Waals surface area contributed by atoms with Gasteiger partial charge in [-0.1, -0.05) is 24.6 Å². The predicted octanol–water partition coefficient (Wildman–Crippen LogP) is 3.11. The van der Waals surface area contributed by atoms with E-state index in [-0.39, 0.29) is 42.7 Å². The van der Waals surface area contributed by atoms with Crippen LogP contribution < -0.4 is 9.46 Å². The first-order valence-electron chi connectivity index (χ1n) is 12.6. The fraction of sp³-hybridized carbons (Fsp3) is 0.462. The van der Waals surface area contributed by atoms with E-state index >= 15 is 4.39 Å². The SMILES string of the molecule is CC(=O)N1CCC(F)(COc2cc(C(=O)NS(C)(=O)=O)nc3c2c(C2CCC2)nn3-c2ccccc2)CC1. The van der Waals surface area contributed by atoms with Crippen LogP contribution in [0, 0.1) is 0 Å². The van der Waals surface area contributed by atoms with Crippen molar-refractivity contribution in [3.8, 4) is 11.4 Å². The highest BCUT2D eigenvalue weighted by Gasteiger charge is 2.37. The Morgan fingerprint density at radius 2 is 1.87 bits per heavy atom. The van der Waals surface area contributed by atoms with Gasteiger partial charge < -0.3 is 9.64 Å². The number of carbonyl (C=O) groups is 2. The zero-order chi connectivity index (χ0) is 27.1. The molecule has 0 radical (unpaired) electrons. The maximum Gasteiger partial charge on any atom is 0.283 e. The Hall–Kier alpha value is -3.54. The maximum absolute atomic E-state index is 15.7. The average Bonchev–Trinajstić information content (AvgIpc) is 3.20. The van der Waals surface area contributed by atoms with Gasteiger partial charge in [0.1, 0.15) is 23.7 Å². The zero-order valence-electron chi connectivity index (χ0n) is 21.3. The minimum absolute atomic E-state index is 0.0937. The highest BCUT2D eigenvalue weighted by atomic mass is 32.2. The Balaban J connectivity index is 1.58. The third-order valence-corrected chi connectivity index (χ3v) is 7.78. The van der Waals surface area contributed by atoms with Crippen molar-refractivity contribution in [1.29, 1.82) is 0 Å². The fourth-order valence-electron chi connectivity index (χ4n) is 4.85. The Morgan fingerprint density at radius 3 is 2.45 bits per heavy atom. The van der Waals surface area contributed by atoms with Gasteiger partial charge in [-0.15, -0.1) is 0 Å². The van der Waals surface area contributed by atoms with E-state index in [1.54, 1.807) is 9.58 Å². The molecule has 1 saturated heterocycles. The molecule has 1 aliphatic heterocycles. The first-order chi connectivity index (χ1) is 18.0. The predicted molar refractivity (Wildman–Crippen MR) is 139 cm³/mol. The molecule has 1 N–H and O–H groups in total. The van der Waals surface area contributed by atoms with Crippen LogP contribution in [0.15, 0.2) is 36.4 Å². The number of ether oxygens (including phenoxy) is 1. The van der Waals surface area contributed by atoms with E-state index in [0.29, 0.717) is 29.8 Å². The van der Waals surface area contributed by atoms with Gasteiger partial charge in [0, 0.05) is 44.8 Å². The monoisotopic (exact) mass is 543 g/mol. The summed E-state index contributed by atoms with van der Waals surface area (Å²) in [6.07, 6.45) is 4.06. The molecule has 0 spiro atoms. The van der Waals surface area contributed by atoms with E-state index < -0.39 is 21.6 Å². The molecule has 1 saturated carbocycles. The normalized spacial score (nSPS) is 17.7. The second kappa shape index (κ2) is 9.97. The minimum Gasteiger partial charge on any atom is -0.489 e. The summed E-state index contributed by atoms with van der Waals surface area (Å²) in [4.78, 5) is 30.6. The number of aromatic nitrogens is 3. The summed E-state index contributed by atoms with van der Waals surface area (Å²) < 4.78 is 48.9. The number of likely N-dealkylation sites (tertiary alicyclic amines) is 1. The van der Waals surface area contributed by atoms with Gasteiger partial charge in [-0.05, 0) is 25.0 Å². The van der Waals surface area contributed by atoms with Crippen LogP contribution in [0.2, 0.25) is 0 Å². The molecule has 2 fully saturated rings. The highest BCUT2D eigenvalue weighted by Crippen LogP contribution is 2.43. The van der Waals surface area contributed by atoms with Crippen molar-refractivity contribution in [3.63, 3.8) is 0 Å². The number of halogens is 1. The lowest BCUT2D eigenvalue weighted by Gasteiger charge is -2.35.